The van der Waals surface area contributed by atoms with Gasteiger partial charge in [-0.2, -0.15) is 5.10 Å². The van der Waals surface area contributed by atoms with Gasteiger partial charge in [0.15, 0.2) is 0 Å². The number of nitro benzene ring substituents is 1. The summed E-state index contributed by atoms with van der Waals surface area (Å²) in [6, 6.07) is 20.8. The monoisotopic (exact) mass is 519 g/mol. The van der Waals surface area contributed by atoms with Crippen molar-refractivity contribution in [1.29, 1.82) is 0 Å². The Kier molecular flexibility index (Phi) is 6.88. The summed E-state index contributed by atoms with van der Waals surface area (Å²) in [4.78, 5) is 41.8. The summed E-state index contributed by atoms with van der Waals surface area (Å²) >= 11 is 3.47. The molecule has 0 unspecified atom stereocenters. The number of hydrogen-bond donors (Lipinski definition) is 1. The largest absolute Gasteiger partial charge is 0.301 e. The molecule has 10 heteroatoms. The zero-order valence-electron chi connectivity index (χ0n) is 17.7. The molecule has 1 aliphatic rings. The number of anilines is 1. The molecule has 0 saturated carbocycles. The van der Waals surface area contributed by atoms with E-state index in [9.17, 15) is 19.7 Å². The maximum atomic E-state index is 12.9. The number of nitrogens with one attached hydrogen (secondary N) is 1. The molecule has 0 aliphatic carbocycles. The van der Waals surface area contributed by atoms with Gasteiger partial charge in [0.25, 0.3) is 11.6 Å². The van der Waals surface area contributed by atoms with E-state index in [0.717, 1.165) is 15.6 Å². The molecule has 2 amide bonds. The van der Waals surface area contributed by atoms with Crippen molar-refractivity contribution in [3.05, 3.63) is 104 Å². The fraction of sp³-hybridized carbons (Fsp3) is 0.0833. The standard InChI is InChI=1S/C24H18BrN5O4/c25-18-9-10-21-20(12-18)24(17-6-2-1-3-7-17)26-14-23(32)29(21)15-22(31)28-27-13-16-5-4-8-19(11-16)30(33)34/h1-13H,14-15H2,(H,28,31)/b27-13-. The third-order valence-corrected chi connectivity index (χ3v) is 5.50. The first kappa shape index (κ1) is 23.0. The summed E-state index contributed by atoms with van der Waals surface area (Å²) in [5, 5.41) is 14.8. The number of carbonyl (C=O) groups excluding carboxylic acids is 2. The molecule has 0 fully saturated rings. The van der Waals surface area contributed by atoms with Crippen molar-refractivity contribution < 1.29 is 14.5 Å². The van der Waals surface area contributed by atoms with Crippen molar-refractivity contribution in [2.45, 2.75) is 0 Å². The number of rotatable bonds is 6. The molecule has 9 nitrogen and oxygen atoms in total. The maximum absolute atomic E-state index is 12.9. The molecule has 3 aromatic rings. The Balaban J connectivity index is 1.54. The van der Waals surface area contributed by atoms with Crippen molar-refractivity contribution in [3.8, 4) is 0 Å². The van der Waals surface area contributed by atoms with E-state index in [1.807, 2.05) is 36.4 Å². The van der Waals surface area contributed by atoms with Crippen LogP contribution in [0.15, 0.2) is 87.4 Å². The Hall–Kier alpha value is -4.18. The average molecular weight is 520 g/mol. The number of nitrogens with zero attached hydrogens (tertiary/aromatic N) is 4. The number of fused-ring (bicyclic) bond motifs is 1. The molecule has 34 heavy (non-hydrogen) atoms. The van der Waals surface area contributed by atoms with Gasteiger partial charge in [-0.25, -0.2) is 5.43 Å². The predicted molar refractivity (Wildman–Crippen MR) is 132 cm³/mol. The topological polar surface area (TPSA) is 117 Å². The Morgan fingerprint density at radius 3 is 2.71 bits per heavy atom. The summed E-state index contributed by atoms with van der Waals surface area (Å²) in [5.74, 6) is -0.848. The highest BCUT2D eigenvalue weighted by Crippen LogP contribution is 2.29. The Bertz CT molecular complexity index is 1320. The number of amides is 2. The van der Waals surface area contributed by atoms with Crippen LogP contribution in [0.1, 0.15) is 16.7 Å². The molecular formula is C24H18BrN5O4. The number of halogens is 1. The van der Waals surface area contributed by atoms with Gasteiger partial charge in [0.1, 0.15) is 13.1 Å². The van der Waals surface area contributed by atoms with E-state index >= 15 is 0 Å². The van der Waals surface area contributed by atoms with Crippen molar-refractivity contribution in [3.63, 3.8) is 0 Å². The van der Waals surface area contributed by atoms with Crippen molar-refractivity contribution in [2.24, 2.45) is 10.1 Å². The highest BCUT2D eigenvalue weighted by molar-refractivity contribution is 9.10. The lowest BCUT2D eigenvalue weighted by atomic mass is 10.0. The maximum Gasteiger partial charge on any atom is 0.270 e. The van der Waals surface area contributed by atoms with E-state index in [1.165, 1.54) is 29.3 Å². The smallest absolute Gasteiger partial charge is 0.270 e. The minimum atomic E-state index is -0.521. The van der Waals surface area contributed by atoms with Crippen LogP contribution < -0.4 is 10.3 Å². The van der Waals surface area contributed by atoms with E-state index in [4.69, 9.17) is 0 Å². The normalized spacial score (nSPS) is 13.3. The summed E-state index contributed by atoms with van der Waals surface area (Å²) < 4.78 is 0.815. The van der Waals surface area contributed by atoms with Crippen LogP contribution in [0, 0.1) is 10.1 Å². The lowest BCUT2D eigenvalue weighted by Crippen LogP contribution is -2.40. The van der Waals surface area contributed by atoms with Gasteiger partial charge in [-0.1, -0.05) is 58.4 Å². The highest BCUT2D eigenvalue weighted by atomic mass is 79.9. The molecule has 1 N–H and O–H groups in total. The second kappa shape index (κ2) is 10.2. The molecule has 0 spiro atoms. The van der Waals surface area contributed by atoms with Crippen molar-refractivity contribution in [2.75, 3.05) is 18.0 Å². The van der Waals surface area contributed by atoms with Crippen LogP contribution in [0.4, 0.5) is 11.4 Å². The third kappa shape index (κ3) is 5.24. The summed E-state index contributed by atoms with van der Waals surface area (Å²) in [5.41, 5.74) is 5.56. The number of carbonyl (C=O) groups is 2. The Morgan fingerprint density at radius 1 is 1.15 bits per heavy atom. The quantitative estimate of drug-likeness (QED) is 0.303. The van der Waals surface area contributed by atoms with Gasteiger partial charge in [-0.3, -0.25) is 24.7 Å². The van der Waals surface area contributed by atoms with E-state index in [1.54, 1.807) is 18.2 Å². The van der Waals surface area contributed by atoms with Crippen LogP contribution in [-0.4, -0.2) is 41.8 Å². The first-order chi connectivity index (χ1) is 16.4. The Labute approximate surface area is 203 Å². The first-order valence-electron chi connectivity index (χ1n) is 10.2. The third-order valence-electron chi connectivity index (χ3n) is 5.01. The van der Waals surface area contributed by atoms with Crippen molar-refractivity contribution >= 4 is 51.0 Å². The number of aliphatic imine (C=N–C) groups is 1. The first-order valence-corrected chi connectivity index (χ1v) is 11.0. The van der Waals surface area contributed by atoms with Crippen LogP contribution in [0.3, 0.4) is 0 Å². The summed E-state index contributed by atoms with van der Waals surface area (Å²) in [6.45, 7) is -0.377. The predicted octanol–water partition coefficient (Wildman–Crippen LogP) is 3.69. The molecule has 0 aromatic heterocycles. The zero-order valence-corrected chi connectivity index (χ0v) is 19.3. The van der Waals surface area contributed by atoms with Gasteiger partial charge in [0, 0.05) is 33.3 Å². The molecule has 1 heterocycles. The van der Waals surface area contributed by atoms with Gasteiger partial charge in [0.2, 0.25) is 5.91 Å². The van der Waals surface area contributed by atoms with Gasteiger partial charge in [0.05, 0.1) is 22.5 Å². The fourth-order valence-corrected chi connectivity index (χ4v) is 3.84. The van der Waals surface area contributed by atoms with E-state index in [2.05, 4.69) is 31.4 Å². The number of benzene rings is 3. The molecule has 4 rings (SSSR count). The van der Waals surface area contributed by atoms with E-state index in [-0.39, 0.29) is 24.7 Å². The van der Waals surface area contributed by atoms with Crippen LogP contribution in [0.5, 0.6) is 0 Å². The van der Waals surface area contributed by atoms with Gasteiger partial charge >= 0.3 is 0 Å². The number of non-ortho nitro benzene ring substituents is 1. The number of hydrazone groups is 1. The van der Waals surface area contributed by atoms with Crippen LogP contribution in [0.25, 0.3) is 0 Å². The second-order valence-corrected chi connectivity index (χ2v) is 8.23. The van der Waals surface area contributed by atoms with Gasteiger partial charge in [-0.05, 0) is 18.2 Å². The van der Waals surface area contributed by atoms with E-state index in [0.29, 0.717) is 17.0 Å². The minimum absolute atomic E-state index is 0.0811. The molecule has 1 aliphatic heterocycles. The molecule has 0 radical (unpaired) electrons. The molecule has 0 bridgehead atoms. The second-order valence-electron chi connectivity index (χ2n) is 7.32. The van der Waals surface area contributed by atoms with Crippen LogP contribution in [0.2, 0.25) is 0 Å². The lowest BCUT2D eigenvalue weighted by Gasteiger charge is -2.22. The number of nitro groups is 1. The summed E-state index contributed by atoms with van der Waals surface area (Å²) in [6.07, 6.45) is 1.30. The average Bonchev–Trinajstić information content (AvgIpc) is 2.96. The van der Waals surface area contributed by atoms with Crippen LogP contribution >= 0.6 is 15.9 Å². The Morgan fingerprint density at radius 2 is 1.94 bits per heavy atom. The molecular weight excluding hydrogens is 502 g/mol. The van der Waals surface area contributed by atoms with Gasteiger partial charge < -0.3 is 4.90 Å². The number of hydrogen-bond acceptors (Lipinski definition) is 6. The fourth-order valence-electron chi connectivity index (χ4n) is 3.48. The minimum Gasteiger partial charge on any atom is -0.301 e. The highest BCUT2D eigenvalue weighted by Gasteiger charge is 2.27. The van der Waals surface area contributed by atoms with Crippen molar-refractivity contribution in [1.82, 2.24) is 5.43 Å². The lowest BCUT2D eigenvalue weighted by molar-refractivity contribution is -0.384. The summed E-state index contributed by atoms with van der Waals surface area (Å²) in [7, 11) is 0. The molecule has 0 saturated heterocycles. The molecule has 3 aromatic carbocycles. The van der Waals surface area contributed by atoms with Gasteiger partial charge in [-0.15, -0.1) is 0 Å². The SMILES string of the molecule is O=C(CN1C(=O)CN=C(c2ccccc2)c2cc(Br)ccc21)N/N=C\c1cccc([N+](=O)[O-])c1. The molecule has 170 valence electrons. The molecule has 0 atom stereocenters. The number of benzodiazepines with no additional fused rings is 1. The van der Waals surface area contributed by atoms with E-state index < -0.39 is 10.8 Å². The van der Waals surface area contributed by atoms with Crippen LogP contribution in [-0.2, 0) is 9.59 Å². The zero-order chi connectivity index (χ0) is 24.1.